The Balaban J connectivity index is 1.43. The van der Waals surface area contributed by atoms with Crippen molar-refractivity contribution in [2.45, 2.75) is 37.2 Å². The van der Waals surface area contributed by atoms with E-state index in [1.165, 1.54) is 26.7 Å². The molecule has 5 rings (SSSR count). The third-order valence-electron chi connectivity index (χ3n) is 6.40. The van der Waals surface area contributed by atoms with Gasteiger partial charge in [0.1, 0.15) is 16.0 Å². The van der Waals surface area contributed by atoms with E-state index in [1.54, 1.807) is 41.3 Å². The molecule has 1 saturated heterocycles. The SMILES string of the molecule is COc1cc(C#CC(C)(C)N2CCC2)ccc1S(=O)(=O)Nc1noc2cc(Cn3cccn3)nc(OC)c12. The van der Waals surface area contributed by atoms with Crippen LogP contribution in [0.2, 0.25) is 0 Å². The Bertz CT molecular complexity index is 1630. The first-order valence-corrected chi connectivity index (χ1v) is 13.5. The normalized spacial score (nSPS) is 14.0. The molecule has 38 heavy (non-hydrogen) atoms. The van der Waals surface area contributed by atoms with Gasteiger partial charge in [-0.2, -0.15) is 5.10 Å². The molecule has 1 aromatic carbocycles. The van der Waals surface area contributed by atoms with Gasteiger partial charge in [0.05, 0.1) is 32.0 Å². The average Bonchev–Trinajstić information content (AvgIpc) is 3.50. The fourth-order valence-corrected chi connectivity index (χ4v) is 5.32. The Morgan fingerprint density at radius 3 is 2.66 bits per heavy atom. The van der Waals surface area contributed by atoms with Crippen molar-refractivity contribution in [3.05, 3.63) is 54.0 Å². The summed E-state index contributed by atoms with van der Waals surface area (Å²) >= 11 is 0. The van der Waals surface area contributed by atoms with Crippen molar-refractivity contribution in [1.82, 2.24) is 24.8 Å². The van der Waals surface area contributed by atoms with Crippen LogP contribution < -0.4 is 14.2 Å². The van der Waals surface area contributed by atoms with Gasteiger partial charge in [-0.1, -0.05) is 17.0 Å². The van der Waals surface area contributed by atoms with Gasteiger partial charge in [0.25, 0.3) is 10.0 Å². The summed E-state index contributed by atoms with van der Waals surface area (Å²) in [6.07, 6.45) is 4.64. The summed E-state index contributed by atoms with van der Waals surface area (Å²) in [6.45, 7) is 6.57. The largest absolute Gasteiger partial charge is 0.495 e. The number of benzene rings is 1. The van der Waals surface area contributed by atoms with E-state index in [0.717, 1.165) is 13.1 Å². The minimum atomic E-state index is -4.11. The number of rotatable bonds is 8. The quantitative estimate of drug-likeness (QED) is 0.338. The highest BCUT2D eigenvalue weighted by Gasteiger charge is 2.29. The second kappa shape index (κ2) is 10.00. The van der Waals surface area contributed by atoms with E-state index in [4.69, 9.17) is 14.0 Å². The molecule has 0 unspecified atom stereocenters. The van der Waals surface area contributed by atoms with Crippen LogP contribution in [0.3, 0.4) is 0 Å². The van der Waals surface area contributed by atoms with Crippen molar-refractivity contribution in [3.8, 4) is 23.5 Å². The molecule has 12 heteroatoms. The maximum absolute atomic E-state index is 13.4. The number of methoxy groups -OCH3 is 2. The second-order valence-electron chi connectivity index (χ2n) is 9.35. The van der Waals surface area contributed by atoms with E-state index in [-0.39, 0.29) is 27.9 Å². The molecule has 4 aromatic rings. The van der Waals surface area contributed by atoms with Crippen LogP contribution in [0.4, 0.5) is 5.82 Å². The lowest BCUT2D eigenvalue weighted by Gasteiger charge is -2.41. The predicted octanol–water partition coefficient (Wildman–Crippen LogP) is 3.12. The molecule has 3 aromatic heterocycles. The molecule has 1 N–H and O–H groups in total. The summed E-state index contributed by atoms with van der Waals surface area (Å²) in [4.78, 5) is 6.71. The Morgan fingerprint density at radius 2 is 2.00 bits per heavy atom. The molecule has 4 heterocycles. The van der Waals surface area contributed by atoms with Crippen LogP contribution in [0.15, 0.2) is 52.1 Å². The number of sulfonamides is 1. The van der Waals surface area contributed by atoms with E-state index >= 15 is 0 Å². The van der Waals surface area contributed by atoms with Gasteiger partial charge in [0.2, 0.25) is 5.88 Å². The number of fused-ring (bicyclic) bond motifs is 1. The van der Waals surface area contributed by atoms with Crippen molar-refractivity contribution >= 4 is 26.8 Å². The molecule has 0 radical (unpaired) electrons. The fourth-order valence-electron chi connectivity index (χ4n) is 4.17. The van der Waals surface area contributed by atoms with Crippen LogP contribution >= 0.6 is 0 Å². The maximum atomic E-state index is 13.4. The lowest BCUT2D eigenvalue weighted by Crippen LogP contribution is -2.50. The first-order valence-electron chi connectivity index (χ1n) is 12.0. The standard InChI is InChI=1S/C26H28N6O5S/c1-26(2,31-12-6-13-31)10-9-18-7-8-22(20(15-18)35-3)38(33,34)30-24-23-21(37-29-24)16-19(28-25(23)36-4)17-32-14-5-11-27-32/h5,7-8,11,14-16H,6,12-13,17H2,1-4H3,(H,29,30). The molecule has 0 amide bonds. The Morgan fingerprint density at radius 1 is 1.18 bits per heavy atom. The highest BCUT2D eigenvalue weighted by molar-refractivity contribution is 7.92. The summed E-state index contributed by atoms with van der Waals surface area (Å²) in [5.74, 6) is 6.71. The molecule has 1 fully saturated rings. The van der Waals surface area contributed by atoms with Gasteiger partial charge in [-0.05, 0) is 44.5 Å². The lowest BCUT2D eigenvalue weighted by molar-refractivity contribution is 0.0955. The number of hydrogen-bond donors (Lipinski definition) is 1. The number of nitrogens with one attached hydrogen (secondary N) is 1. The number of pyridine rings is 1. The van der Waals surface area contributed by atoms with Crippen molar-refractivity contribution in [1.29, 1.82) is 0 Å². The van der Waals surface area contributed by atoms with Gasteiger partial charge < -0.3 is 14.0 Å². The Kier molecular flexibility index (Phi) is 6.73. The molecular weight excluding hydrogens is 508 g/mol. The van der Waals surface area contributed by atoms with Crippen LogP contribution in [0, 0.1) is 11.8 Å². The van der Waals surface area contributed by atoms with Crippen LogP contribution in [-0.4, -0.2) is 66.1 Å². The summed E-state index contributed by atoms with van der Waals surface area (Å²) < 4.78 is 47.2. The summed E-state index contributed by atoms with van der Waals surface area (Å²) in [5.41, 5.74) is 1.31. The molecule has 0 saturated carbocycles. The van der Waals surface area contributed by atoms with Crippen LogP contribution in [-0.2, 0) is 16.6 Å². The number of likely N-dealkylation sites (tertiary alicyclic amines) is 1. The molecule has 1 aliphatic heterocycles. The predicted molar refractivity (Wildman–Crippen MR) is 141 cm³/mol. The third-order valence-corrected chi connectivity index (χ3v) is 7.77. The summed E-state index contributed by atoms with van der Waals surface area (Å²) in [6, 6.07) is 8.19. The zero-order valence-electron chi connectivity index (χ0n) is 21.6. The maximum Gasteiger partial charge on any atom is 0.266 e. The van der Waals surface area contributed by atoms with E-state index in [1.807, 2.05) is 0 Å². The molecule has 1 aliphatic rings. The molecule has 11 nitrogen and oxygen atoms in total. The van der Waals surface area contributed by atoms with Crippen LogP contribution in [0.1, 0.15) is 31.5 Å². The zero-order chi connectivity index (χ0) is 26.9. The summed E-state index contributed by atoms with van der Waals surface area (Å²) in [7, 11) is -1.26. The van der Waals surface area contributed by atoms with Crippen LogP contribution in [0.25, 0.3) is 11.0 Å². The zero-order valence-corrected chi connectivity index (χ0v) is 22.4. The fraction of sp³-hybridized carbons (Fsp3) is 0.346. The molecule has 0 bridgehead atoms. The molecule has 198 valence electrons. The third kappa shape index (κ3) is 5.03. The van der Waals surface area contributed by atoms with Crippen molar-refractivity contribution in [2.24, 2.45) is 0 Å². The first-order chi connectivity index (χ1) is 18.2. The van der Waals surface area contributed by atoms with Gasteiger partial charge >= 0.3 is 0 Å². The Hall–Kier alpha value is -4.08. The summed E-state index contributed by atoms with van der Waals surface area (Å²) in [5, 5.41) is 8.41. The number of aromatic nitrogens is 4. The minimum Gasteiger partial charge on any atom is -0.495 e. The van der Waals surface area contributed by atoms with Gasteiger partial charge in [-0.3, -0.25) is 14.3 Å². The minimum absolute atomic E-state index is 0.0443. The van der Waals surface area contributed by atoms with E-state index in [9.17, 15) is 8.42 Å². The van der Waals surface area contributed by atoms with Gasteiger partial charge in [0.15, 0.2) is 11.4 Å². The van der Waals surface area contributed by atoms with Gasteiger partial charge in [0, 0.05) is 37.1 Å². The number of anilines is 1. The molecule has 0 atom stereocenters. The Labute approximate surface area is 220 Å². The van der Waals surface area contributed by atoms with Gasteiger partial charge in [-0.15, -0.1) is 0 Å². The molecule has 0 aliphatic carbocycles. The first kappa shape index (κ1) is 25.6. The van der Waals surface area contributed by atoms with Crippen LogP contribution in [0.5, 0.6) is 11.6 Å². The highest BCUT2D eigenvalue weighted by Crippen LogP contribution is 2.34. The van der Waals surface area contributed by atoms with E-state index < -0.39 is 10.0 Å². The van der Waals surface area contributed by atoms with Gasteiger partial charge in [-0.25, -0.2) is 13.4 Å². The van der Waals surface area contributed by atoms with E-state index in [2.05, 4.69) is 50.5 Å². The highest BCUT2D eigenvalue weighted by atomic mass is 32.2. The molecular formula is C26H28N6O5S. The topological polar surface area (TPSA) is 125 Å². The number of hydrogen-bond acceptors (Lipinski definition) is 9. The van der Waals surface area contributed by atoms with Crippen molar-refractivity contribution in [2.75, 3.05) is 32.0 Å². The smallest absolute Gasteiger partial charge is 0.266 e. The van der Waals surface area contributed by atoms with Crippen molar-refractivity contribution in [3.63, 3.8) is 0 Å². The second-order valence-corrected chi connectivity index (χ2v) is 11.0. The molecule has 0 spiro atoms. The van der Waals surface area contributed by atoms with Crippen molar-refractivity contribution < 1.29 is 22.4 Å². The average molecular weight is 537 g/mol. The number of ether oxygens (including phenoxy) is 2. The lowest BCUT2D eigenvalue weighted by atomic mass is 9.98. The number of nitrogens with zero attached hydrogens (tertiary/aromatic N) is 5. The monoisotopic (exact) mass is 536 g/mol. The van der Waals surface area contributed by atoms with E-state index in [0.29, 0.717) is 28.8 Å².